The van der Waals surface area contributed by atoms with E-state index in [1.807, 2.05) is 30.3 Å². The highest BCUT2D eigenvalue weighted by Crippen LogP contribution is 2.15. The summed E-state index contributed by atoms with van der Waals surface area (Å²) in [5.74, 6) is 0. The fourth-order valence-electron chi connectivity index (χ4n) is 1.46. The van der Waals surface area contributed by atoms with Crippen LogP contribution in [0.4, 0.5) is 5.69 Å². The van der Waals surface area contributed by atoms with E-state index >= 15 is 0 Å². The molecule has 5 heteroatoms. The number of nitrogens with one attached hydrogen (secondary N) is 1. The number of aryl methyl sites for hydroxylation is 1. The average Bonchev–Trinajstić information content (AvgIpc) is 2.35. The van der Waals surface area contributed by atoms with Crippen LogP contribution in [0.15, 0.2) is 41.3 Å². The molecule has 0 saturated carbocycles. The Bertz CT molecular complexity index is 566. The van der Waals surface area contributed by atoms with Crippen LogP contribution < -0.4 is 10.9 Å². The van der Waals surface area contributed by atoms with E-state index in [1.54, 1.807) is 7.05 Å². The van der Waals surface area contributed by atoms with Gasteiger partial charge in [-0.25, -0.2) is 4.68 Å². The number of hydrogen-bond acceptors (Lipinski definition) is 3. The highest BCUT2D eigenvalue weighted by atomic mass is 35.5. The van der Waals surface area contributed by atoms with Crippen molar-refractivity contribution in [2.45, 2.75) is 6.54 Å². The van der Waals surface area contributed by atoms with Crippen molar-refractivity contribution < 1.29 is 0 Å². The topological polar surface area (TPSA) is 46.9 Å². The zero-order valence-corrected chi connectivity index (χ0v) is 10.1. The van der Waals surface area contributed by atoms with Crippen molar-refractivity contribution in [1.29, 1.82) is 0 Å². The summed E-state index contributed by atoms with van der Waals surface area (Å²) in [6.07, 6.45) is 1.45. The molecule has 0 fully saturated rings. The minimum absolute atomic E-state index is 0.228. The summed E-state index contributed by atoms with van der Waals surface area (Å²) in [5, 5.41) is 7.20. The third-order valence-corrected chi connectivity index (χ3v) is 2.69. The minimum Gasteiger partial charge on any atom is -0.375 e. The van der Waals surface area contributed by atoms with Gasteiger partial charge in [0.1, 0.15) is 5.69 Å². The molecule has 0 aliphatic carbocycles. The molecule has 88 valence electrons. The summed E-state index contributed by atoms with van der Waals surface area (Å²) in [7, 11) is 1.59. The van der Waals surface area contributed by atoms with Gasteiger partial charge in [0.25, 0.3) is 5.56 Å². The van der Waals surface area contributed by atoms with E-state index < -0.39 is 0 Å². The van der Waals surface area contributed by atoms with Gasteiger partial charge in [-0.1, -0.05) is 41.9 Å². The molecule has 0 radical (unpaired) electrons. The van der Waals surface area contributed by atoms with Gasteiger partial charge in [0.15, 0.2) is 0 Å². The number of halogens is 1. The predicted octanol–water partition coefficient (Wildman–Crippen LogP) is 2.05. The standard InChI is InChI=1S/C12H12ClN3O/c1-16-12(17)11(10(13)8-15-16)14-7-9-5-3-2-4-6-9/h2-6,8,14H,7H2,1H3. The quantitative estimate of drug-likeness (QED) is 0.906. The molecular formula is C12H12ClN3O. The molecule has 1 aromatic heterocycles. The zero-order chi connectivity index (χ0) is 12.3. The Balaban J connectivity index is 2.20. The second-order valence-electron chi connectivity index (χ2n) is 3.64. The molecule has 0 saturated heterocycles. The summed E-state index contributed by atoms with van der Waals surface area (Å²) >= 11 is 5.93. The number of aromatic nitrogens is 2. The summed E-state index contributed by atoms with van der Waals surface area (Å²) in [6.45, 7) is 0.555. The second kappa shape index (κ2) is 5.01. The fourth-order valence-corrected chi connectivity index (χ4v) is 1.66. The Morgan fingerprint density at radius 3 is 2.76 bits per heavy atom. The van der Waals surface area contributed by atoms with E-state index in [1.165, 1.54) is 10.9 Å². The van der Waals surface area contributed by atoms with Crippen molar-refractivity contribution in [3.8, 4) is 0 Å². The molecule has 0 aliphatic rings. The van der Waals surface area contributed by atoms with Crippen LogP contribution in [0.25, 0.3) is 0 Å². The van der Waals surface area contributed by atoms with Crippen LogP contribution in [-0.2, 0) is 13.6 Å². The molecule has 0 bridgehead atoms. The van der Waals surface area contributed by atoms with E-state index in [9.17, 15) is 4.79 Å². The van der Waals surface area contributed by atoms with Crippen molar-refractivity contribution in [3.63, 3.8) is 0 Å². The van der Waals surface area contributed by atoms with Crippen molar-refractivity contribution in [2.75, 3.05) is 5.32 Å². The van der Waals surface area contributed by atoms with Gasteiger partial charge in [0.2, 0.25) is 0 Å². The van der Waals surface area contributed by atoms with Gasteiger partial charge in [0, 0.05) is 13.6 Å². The van der Waals surface area contributed by atoms with Gasteiger partial charge in [-0.05, 0) is 5.56 Å². The summed E-state index contributed by atoms with van der Waals surface area (Å²) < 4.78 is 1.25. The van der Waals surface area contributed by atoms with Gasteiger partial charge in [-0.15, -0.1) is 0 Å². The molecule has 0 spiro atoms. The summed E-state index contributed by atoms with van der Waals surface area (Å²) in [4.78, 5) is 11.8. The lowest BCUT2D eigenvalue weighted by Gasteiger charge is -2.08. The van der Waals surface area contributed by atoms with Gasteiger partial charge < -0.3 is 5.32 Å². The first-order chi connectivity index (χ1) is 8.18. The third-order valence-electron chi connectivity index (χ3n) is 2.40. The fraction of sp³-hybridized carbons (Fsp3) is 0.167. The minimum atomic E-state index is -0.228. The van der Waals surface area contributed by atoms with Crippen molar-refractivity contribution >= 4 is 17.3 Å². The first-order valence-electron chi connectivity index (χ1n) is 5.18. The van der Waals surface area contributed by atoms with Crippen LogP contribution in [0.5, 0.6) is 0 Å². The van der Waals surface area contributed by atoms with Crippen LogP contribution in [0.3, 0.4) is 0 Å². The highest BCUT2D eigenvalue weighted by Gasteiger charge is 2.07. The maximum Gasteiger partial charge on any atom is 0.291 e. The van der Waals surface area contributed by atoms with E-state index in [0.29, 0.717) is 17.3 Å². The molecule has 2 rings (SSSR count). The van der Waals surface area contributed by atoms with E-state index in [-0.39, 0.29) is 5.56 Å². The van der Waals surface area contributed by atoms with Crippen LogP contribution in [0.2, 0.25) is 5.02 Å². The van der Waals surface area contributed by atoms with E-state index in [0.717, 1.165) is 5.56 Å². The molecule has 2 aromatic rings. The Hall–Kier alpha value is -1.81. The molecule has 17 heavy (non-hydrogen) atoms. The Morgan fingerprint density at radius 2 is 2.06 bits per heavy atom. The second-order valence-corrected chi connectivity index (χ2v) is 4.04. The summed E-state index contributed by atoms with van der Waals surface area (Å²) in [6, 6.07) is 9.80. The third kappa shape index (κ3) is 2.65. The summed E-state index contributed by atoms with van der Waals surface area (Å²) in [5.41, 5.74) is 1.24. The van der Waals surface area contributed by atoms with Crippen molar-refractivity contribution in [1.82, 2.24) is 9.78 Å². The van der Waals surface area contributed by atoms with Gasteiger partial charge in [0.05, 0.1) is 11.2 Å². The van der Waals surface area contributed by atoms with Crippen LogP contribution in [-0.4, -0.2) is 9.78 Å². The van der Waals surface area contributed by atoms with Crippen LogP contribution >= 0.6 is 11.6 Å². The van der Waals surface area contributed by atoms with Gasteiger partial charge in [-0.3, -0.25) is 4.79 Å². The van der Waals surface area contributed by atoms with E-state index in [2.05, 4.69) is 10.4 Å². The Kier molecular flexibility index (Phi) is 3.44. The Morgan fingerprint density at radius 1 is 1.35 bits per heavy atom. The molecule has 0 amide bonds. The maximum absolute atomic E-state index is 11.8. The smallest absolute Gasteiger partial charge is 0.291 e. The molecule has 0 unspecified atom stereocenters. The molecule has 1 heterocycles. The predicted molar refractivity (Wildman–Crippen MR) is 68.3 cm³/mol. The number of benzene rings is 1. The van der Waals surface area contributed by atoms with Crippen LogP contribution in [0, 0.1) is 0 Å². The van der Waals surface area contributed by atoms with Crippen molar-refractivity contribution in [2.24, 2.45) is 7.05 Å². The Labute approximate surface area is 104 Å². The van der Waals surface area contributed by atoms with E-state index in [4.69, 9.17) is 11.6 Å². The normalized spacial score (nSPS) is 10.2. The number of nitrogens with zero attached hydrogens (tertiary/aromatic N) is 2. The monoisotopic (exact) mass is 249 g/mol. The van der Waals surface area contributed by atoms with Crippen molar-refractivity contribution in [3.05, 3.63) is 57.5 Å². The number of rotatable bonds is 3. The van der Waals surface area contributed by atoms with Gasteiger partial charge in [-0.2, -0.15) is 5.10 Å². The lowest BCUT2D eigenvalue weighted by Crippen LogP contribution is -2.23. The number of anilines is 1. The maximum atomic E-state index is 11.8. The molecule has 0 atom stereocenters. The molecule has 4 nitrogen and oxygen atoms in total. The van der Waals surface area contributed by atoms with Gasteiger partial charge >= 0.3 is 0 Å². The average molecular weight is 250 g/mol. The first-order valence-corrected chi connectivity index (χ1v) is 5.56. The molecule has 0 aliphatic heterocycles. The largest absolute Gasteiger partial charge is 0.375 e. The SMILES string of the molecule is Cn1ncc(Cl)c(NCc2ccccc2)c1=O. The number of hydrogen-bond donors (Lipinski definition) is 1. The first kappa shape index (κ1) is 11.7. The lowest BCUT2D eigenvalue weighted by atomic mass is 10.2. The highest BCUT2D eigenvalue weighted by molar-refractivity contribution is 6.32. The van der Waals surface area contributed by atoms with Crippen LogP contribution in [0.1, 0.15) is 5.56 Å². The zero-order valence-electron chi connectivity index (χ0n) is 9.35. The molecular weight excluding hydrogens is 238 g/mol. The molecule has 1 aromatic carbocycles. The lowest BCUT2D eigenvalue weighted by molar-refractivity contribution is 0.708. The molecule has 1 N–H and O–H groups in total.